The Balaban J connectivity index is 2.48. The Morgan fingerprint density at radius 1 is 1.85 bits per heavy atom. The highest BCUT2D eigenvalue weighted by atomic mass is 32.1. The largest absolute Gasteiger partial charge is 0.479 e. The second-order valence-electron chi connectivity index (χ2n) is 2.18. The van der Waals surface area contributed by atoms with Gasteiger partial charge in [0.1, 0.15) is 10.7 Å². The van der Waals surface area contributed by atoms with Crippen LogP contribution in [0.5, 0.6) is 0 Å². The smallest absolute Gasteiger partial charge is 0.344 e. The van der Waals surface area contributed by atoms with E-state index in [-0.39, 0.29) is 0 Å². The quantitative estimate of drug-likeness (QED) is 0.580. The van der Waals surface area contributed by atoms with E-state index >= 15 is 0 Å². The lowest BCUT2D eigenvalue weighted by Crippen LogP contribution is -2.05. The van der Waals surface area contributed by atoms with E-state index in [0.717, 1.165) is 5.01 Å². The molecule has 0 aliphatic heterocycles. The molecular formula is C7H8N2O3S. The molecule has 0 atom stereocenters. The van der Waals surface area contributed by atoms with Crippen molar-refractivity contribution in [3.05, 3.63) is 16.6 Å². The minimum absolute atomic E-state index is 0.428. The summed E-state index contributed by atoms with van der Waals surface area (Å²) in [5.74, 6) is -1.05. The zero-order valence-electron chi connectivity index (χ0n) is 6.93. The number of carbonyl (C=O) groups is 1. The van der Waals surface area contributed by atoms with Gasteiger partial charge < -0.3 is 9.94 Å². The summed E-state index contributed by atoms with van der Waals surface area (Å²) in [5.41, 5.74) is 0.580. The lowest BCUT2D eigenvalue weighted by atomic mass is 10.5. The minimum atomic E-state index is -1.05. The fourth-order valence-corrected chi connectivity index (χ4v) is 1.21. The number of hydrogen-bond donors (Lipinski definition) is 1. The number of oxime groups is 1. The predicted octanol–water partition coefficient (Wildman–Crippen LogP) is 0.968. The second kappa shape index (κ2) is 4.56. The monoisotopic (exact) mass is 200 g/mol. The number of nitrogens with zero attached hydrogens (tertiary/aromatic N) is 2. The van der Waals surface area contributed by atoms with E-state index in [2.05, 4.69) is 15.0 Å². The second-order valence-corrected chi connectivity index (χ2v) is 3.08. The summed E-state index contributed by atoms with van der Waals surface area (Å²) in [5, 5.41) is 14.4. The molecule has 6 heteroatoms. The molecule has 0 fully saturated rings. The first-order valence-electron chi connectivity index (χ1n) is 3.48. The van der Waals surface area contributed by atoms with E-state index in [4.69, 9.17) is 5.11 Å². The predicted molar refractivity (Wildman–Crippen MR) is 47.9 cm³/mol. The molecule has 0 saturated heterocycles. The van der Waals surface area contributed by atoms with Crippen LogP contribution >= 0.6 is 11.3 Å². The molecule has 0 bridgehead atoms. The van der Waals surface area contributed by atoms with Crippen molar-refractivity contribution in [1.82, 2.24) is 4.98 Å². The van der Waals surface area contributed by atoms with Crippen LogP contribution in [0.3, 0.4) is 0 Å². The van der Waals surface area contributed by atoms with Crippen LogP contribution in [0.15, 0.2) is 16.7 Å². The van der Waals surface area contributed by atoms with Gasteiger partial charge in [-0.25, -0.2) is 9.78 Å². The van der Waals surface area contributed by atoms with E-state index < -0.39 is 12.6 Å². The number of hydrogen-bond acceptors (Lipinski definition) is 5. The molecule has 13 heavy (non-hydrogen) atoms. The molecule has 0 amide bonds. The molecule has 1 heterocycles. The van der Waals surface area contributed by atoms with Crippen LogP contribution in [0.1, 0.15) is 11.9 Å². The molecule has 0 unspecified atom stereocenters. The average Bonchev–Trinajstić information content (AvgIpc) is 2.55. The number of carboxylic acid groups (broad SMARTS) is 1. The maximum Gasteiger partial charge on any atom is 0.344 e. The molecule has 0 saturated carbocycles. The van der Waals surface area contributed by atoms with Crippen LogP contribution in [0.2, 0.25) is 0 Å². The van der Waals surface area contributed by atoms with Gasteiger partial charge in [0.15, 0.2) is 0 Å². The van der Waals surface area contributed by atoms with E-state index in [9.17, 15) is 4.79 Å². The Kier molecular flexibility index (Phi) is 3.39. The Labute approximate surface area is 78.7 Å². The van der Waals surface area contributed by atoms with Crippen molar-refractivity contribution >= 4 is 23.0 Å². The Bertz CT molecular complexity index is 308. The van der Waals surface area contributed by atoms with Crippen LogP contribution < -0.4 is 0 Å². The molecule has 1 rings (SSSR count). The van der Waals surface area contributed by atoms with Crippen LogP contribution in [-0.4, -0.2) is 28.4 Å². The van der Waals surface area contributed by atoms with Crippen LogP contribution in [0.4, 0.5) is 0 Å². The standard InChI is InChI=1S/C7H8N2O3S/c1-5(7-8-2-3-13-7)9-12-4-6(10)11/h2-3H,4H2,1H3,(H,10,11). The summed E-state index contributed by atoms with van der Waals surface area (Å²) in [6.07, 6.45) is 1.65. The normalized spacial score (nSPS) is 11.3. The Hall–Kier alpha value is -1.43. The van der Waals surface area contributed by atoms with E-state index in [1.165, 1.54) is 11.3 Å². The highest BCUT2D eigenvalue weighted by Gasteiger charge is 2.01. The molecule has 0 aromatic carbocycles. The van der Waals surface area contributed by atoms with Crippen molar-refractivity contribution < 1.29 is 14.7 Å². The first kappa shape index (κ1) is 9.66. The minimum Gasteiger partial charge on any atom is -0.479 e. The molecule has 1 aromatic rings. The van der Waals surface area contributed by atoms with Crippen molar-refractivity contribution in [2.75, 3.05) is 6.61 Å². The van der Waals surface area contributed by atoms with Gasteiger partial charge in [-0.15, -0.1) is 11.3 Å². The topological polar surface area (TPSA) is 71.8 Å². The van der Waals surface area contributed by atoms with Gasteiger partial charge in [-0.1, -0.05) is 5.16 Å². The maximum absolute atomic E-state index is 10.1. The van der Waals surface area contributed by atoms with Crippen molar-refractivity contribution in [2.24, 2.45) is 5.16 Å². The third-order valence-corrected chi connectivity index (χ3v) is 2.01. The molecular weight excluding hydrogens is 192 g/mol. The van der Waals surface area contributed by atoms with Crippen molar-refractivity contribution in [2.45, 2.75) is 6.92 Å². The molecule has 5 nitrogen and oxygen atoms in total. The maximum atomic E-state index is 10.1. The summed E-state index contributed by atoms with van der Waals surface area (Å²) in [4.78, 5) is 18.6. The average molecular weight is 200 g/mol. The lowest BCUT2D eigenvalue weighted by molar-refractivity contribution is -0.142. The SMILES string of the molecule is CC(=NOCC(=O)O)c1nccs1. The fourth-order valence-electron chi connectivity index (χ4n) is 0.625. The van der Waals surface area contributed by atoms with E-state index in [0.29, 0.717) is 5.71 Å². The number of aliphatic carboxylic acids is 1. The molecule has 0 radical (unpaired) electrons. The van der Waals surface area contributed by atoms with Crippen LogP contribution in [0, 0.1) is 0 Å². The number of rotatable bonds is 4. The van der Waals surface area contributed by atoms with Gasteiger partial charge in [-0.2, -0.15) is 0 Å². The van der Waals surface area contributed by atoms with Gasteiger partial charge in [-0.05, 0) is 6.92 Å². The number of aromatic nitrogens is 1. The van der Waals surface area contributed by atoms with Gasteiger partial charge in [0, 0.05) is 11.6 Å². The van der Waals surface area contributed by atoms with Crippen molar-refractivity contribution in [3.8, 4) is 0 Å². The van der Waals surface area contributed by atoms with Crippen molar-refractivity contribution in [1.29, 1.82) is 0 Å². The highest BCUT2D eigenvalue weighted by molar-refractivity contribution is 7.11. The summed E-state index contributed by atoms with van der Waals surface area (Å²) >= 11 is 1.42. The third-order valence-electron chi connectivity index (χ3n) is 1.13. The Morgan fingerprint density at radius 3 is 3.15 bits per heavy atom. The molecule has 0 aliphatic carbocycles. The molecule has 70 valence electrons. The van der Waals surface area contributed by atoms with E-state index in [1.54, 1.807) is 13.1 Å². The lowest BCUT2D eigenvalue weighted by Gasteiger charge is -1.95. The third kappa shape index (κ3) is 3.20. The van der Waals surface area contributed by atoms with Crippen molar-refractivity contribution in [3.63, 3.8) is 0 Å². The highest BCUT2D eigenvalue weighted by Crippen LogP contribution is 2.05. The zero-order chi connectivity index (χ0) is 9.68. The van der Waals surface area contributed by atoms with Gasteiger partial charge in [0.2, 0.25) is 6.61 Å². The summed E-state index contributed by atoms with van der Waals surface area (Å²) in [6.45, 7) is 1.28. The zero-order valence-corrected chi connectivity index (χ0v) is 7.74. The van der Waals surface area contributed by atoms with Gasteiger partial charge in [0.25, 0.3) is 0 Å². The molecule has 1 N–H and O–H groups in total. The summed E-state index contributed by atoms with van der Waals surface area (Å²) in [6, 6.07) is 0. The molecule has 1 aromatic heterocycles. The van der Waals surface area contributed by atoms with Crippen LogP contribution in [0.25, 0.3) is 0 Å². The first-order chi connectivity index (χ1) is 6.20. The van der Waals surface area contributed by atoms with E-state index in [1.807, 2.05) is 5.38 Å². The number of thiazole rings is 1. The van der Waals surface area contributed by atoms with Gasteiger partial charge in [0.05, 0.1) is 0 Å². The van der Waals surface area contributed by atoms with Crippen LogP contribution in [-0.2, 0) is 9.63 Å². The summed E-state index contributed by atoms with van der Waals surface area (Å²) in [7, 11) is 0. The fraction of sp³-hybridized carbons (Fsp3) is 0.286. The van der Waals surface area contributed by atoms with Gasteiger partial charge in [-0.3, -0.25) is 0 Å². The first-order valence-corrected chi connectivity index (χ1v) is 4.36. The summed E-state index contributed by atoms with van der Waals surface area (Å²) < 4.78 is 0. The Morgan fingerprint density at radius 2 is 2.62 bits per heavy atom. The van der Waals surface area contributed by atoms with Gasteiger partial charge >= 0.3 is 5.97 Å². The molecule has 0 spiro atoms. The molecule has 0 aliphatic rings. The number of carboxylic acids is 1.